The molecule has 27 heavy (non-hydrogen) atoms. The molecule has 1 aromatic heterocycles. The number of carbonyl (C=O) groups is 1. The van der Waals surface area contributed by atoms with Gasteiger partial charge in [-0.25, -0.2) is 27.1 Å². The van der Waals surface area contributed by atoms with Crippen LogP contribution in [0.25, 0.3) is 0 Å². The van der Waals surface area contributed by atoms with E-state index in [0.29, 0.717) is 17.7 Å². The highest BCUT2D eigenvalue weighted by Gasteiger charge is 2.50. The monoisotopic (exact) mass is 389 g/mol. The maximum atomic E-state index is 12.9. The number of anilines is 1. The first-order valence-electron chi connectivity index (χ1n) is 8.08. The van der Waals surface area contributed by atoms with Crippen LogP contribution in [0.4, 0.5) is 10.1 Å². The molecule has 1 aliphatic heterocycles. The second kappa shape index (κ2) is 5.74. The molecule has 0 bridgehead atoms. The molecule has 0 unspecified atom stereocenters. The van der Waals surface area contributed by atoms with Crippen LogP contribution in [-0.4, -0.2) is 42.4 Å². The Hall–Kier alpha value is -3.01. The number of aromatic nitrogens is 1. The summed E-state index contributed by atoms with van der Waals surface area (Å²) in [5, 5.41) is 2.68. The van der Waals surface area contributed by atoms with Crippen LogP contribution in [0, 0.1) is 5.82 Å². The van der Waals surface area contributed by atoms with Gasteiger partial charge in [0.2, 0.25) is 16.0 Å². The summed E-state index contributed by atoms with van der Waals surface area (Å²) in [7, 11) is -2.19. The van der Waals surface area contributed by atoms with Crippen molar-refractivity contribution in [3.05, 3.63) is 59.2 Å². The van der Waals surface area contributed by atoms with Gasteiger partial charge in [0.25, 0.3) is 5.91 Å². The van der Waals surface area contributed by atoms with Gasteiger partial charge in [-0.3, -0.25) is 4.79 Å². The molecule has 1 aromatic carbocycles. The fraction of sp³-hybridized carbons (Fsp3) is 0.235. The number of guanidine groups is 1. The van der Waals surface area contributed by atoms with Gasteiger partial charge in [-0.1, -0.05) is 6.07 Å². The molecule has 1 atom stereocenters. The van der Waals surface area contributed by atoms with Crippen molar-refractivity contribution in [2.75, 3.05) is 18.1 Å². The average molecular weight is 389 g/mol. The van der Waals surface area contributed by atoms with Crippen LogP contribution in [0.15, 0.2) is 41.5 Å². The quantitative estimate of drug-likeness (QED) is 0.788. The van der Waals surface area contributed by atoms with Crippen molar-refractivity contribution in [2.45, 2.75) is 12.0 Å². The van der Waals surface area contributed by atoms with Crippen molar-refractivity contribution in [2.24, 2.45) is 10.7 Å². The number of carbonyl (C=O) groups excluding carboxylic acids is 1. The number of benzene rings is 1. The summed E-state index contributed by atoms with van der Waals surface area (Å²) in [4.78, 5) is 20.4. The number of fused-ring (bicyclic) bond motifs is 2. The average Bonchev–Trinajstić information content (AvgIpc) is 2.60. The first kappa shape index (κ1) is 17.4. The van der Waals surface area contributed by atoms with E-state index in [-0.39, 0.29) is 17.4 Å². The predicted molar refractivity (Wildman–Crippen MR) is 97.1 cm³/mol. The Kier molecular flexibility index (Phi) is 3.70. The van der Waals surface area contributed by atoms with Gasteiger partial charge >= 0.3 is 0 Å². The summed E-state index contributed by atoms with van der Waals surface area (Å²) >= 11 is 0. The molecule has 10 heteroatoms. The minimum absolute atomic E-state index is 0.0585. The Morgan fingerprint density at radius 1 is 1.33 bits per heavy atom. The summed E-state index contributed by atoms with van der Waals surface area (Å²) in [6.45, 7) is 0. The molecule has 8 nitrogen and oxygen atoms in total. The van der Waals surface area contributed by atoms with Gasteiger partial charge in [0, 0.05) is 19.2 Å². The number of hydrogen-bond acceptors (Lipinski definition) is 6. The van der Waals surface area contributed by atoms with E-state index < -0.39 is 27.3 Å². The van der Waals surface area contributed by atoms with Crippen LogP contribution in [0.1, 0.15) is 21.6 Å². The third-order valence-corrected chi connectivity index (χ3v) is 6.67. The molecule has 1 aliphatic carbocycles. The van der Waals surface area contributed by atoms with E-state index in [1.807, 2.05) is 6.07 Å². The Balaban J connectivity index is 1.63. The number of nitrogens with zero attached hydrogens (tertiary/aromatic N) is 3. The molecule has 3 N–H and O–H groups in total. The van der Waals surface area contributed by atoms with Crippen LogP contribution < -0.4 is 11.1 Å². The van der Waals surface area contributed by atoms with Crippen molar-refractivity contribution < 1.29 is 17.6 Å². The van der Waals surface area contributed by atoms with Crippen molar-refractivity contribution in [1.29, 1.82) is 0 Å². The second-order valence-electron chi connectivity index (χ2n) is 6.59. The summed E-state index contributed by atoms with van der Waals surface area (Å²) in [5.74, 6) is -1.27. The summed E-state index contributed by atoms with van der Waals surface area (Å²) in [6.07, 6.45) is 1.42. The Labute approximate surface area is 155 Å². The van der Waals surface area contributed by atoms with Crippen molar-refractivity contribution >= 4 is 27.6 Å². The Morgan fingerprint density at radius 2 is 2.11 bits per heavy atom. The van der Waals surface area contributed by atoms with Gasteiger partial charge in [0.15, 0.2) is 0 Å². The topological polar surface area (TPSA) is 118 Å². The number of hydrogen-bond donors (Lipinski definition) is 2. The largest absolute Gasteiger partial charge is 0.369 e. The first-order valence-corrected chi connectivity index (χ1v) is 9.69. The number of sulfonamides is 1. The maximum absolute atomic E-state index is 12.9. The second-order valence-corrected chi connectivity index (χ2v) is 8.59. The highest BCUT2D eigenvalue weighted by Crippen LogP contribution is 2.46. The summed E-state index contributed by atoms with van der Waals surface area (Å²) in [6, 6.07) is 7.64. The highest BCUT2D eigenvalue weighted by atomic mass is 32.2. The van der Waals surface area contributed by atoms with Crippen molar-refractivity contribution in [3.8, 4) is 0 Å². The molecule has 4 rings (SSSR count). The zero-order valence-electron chi connectivity index (χ0n) is 14.3. The van der Waals surface area contributed by atoms with Gasteiger partial charge in [0.05, 0.1) is 11.9 Å². The normalized spacial score (nSPS) is 22.6. The summed E-state index contributed by atoms with van der Waals surface area (Å²) in [5.41, 5.74) is 7.06. The SMILES string of the molecule is CN1C(N)=N[C@@]2(Cc3ccc(NC(=O)c4ccc(F)cn4)cc32)CS1(=O)=O. The van der Waals surface area contributed by atoms with Crippen LogP contribution in [0.3, 0.4) is 0 Å². The van der Waals surface area contributed by atoms with E-state index >= 15 is 0 Å². The van der Waals surface area contributed by atoms with E-state index in [9.17, 15) is 17.6 Å². The zero-order valence-corrected chi connectivity index (χ0v) is 15.1. The lowest BCUT2D eigenvalue weighted by molar-refractivity contribution is 0.102. The minimum Gasteiger partial charge on any atom is -0.369 e. The Bertz CT molecular complexity index is 1080. The molecule has 0 fully saturated rings. The molecule has 0 radical (unpaired) electrons. The zero-order chi connectivity index (χ0) is 19.4. The van der Waals surface area contributed by atoms with Crippen LogP contribution in [0.2, 0.25) is 0 Å². The number of nitrogens with two attached hydrogens (primary N) is 1. The lowest BCUT2D eigenvalue weighted by Crippen LogP contribution is -2.55. The molecule has 2 heterocycles. The lowest BCUT2D eigenvalue weighted by Gasteiger charge is -2.44. The van der Waals surface area contributed by atoms with Gasteiger partial charge in [-0.05, 0) is 35.4 Å². The van der Waals surface area contributed by atoms with Crippen LogP contribution >= 0.6 is 0 Å². The number of pyridine rings is 1. The standard InChI is InChI=1S/C17H16FN5O3S/c1-23-16(19)22-17(9-27(23,25)26)7-10-2-4-12(6-13(10)17)21-15(24)14-5-3-11(18)8-20-14/h2-6,8H,7,9H2,1H3,(H2,19,22)(H,21,24)/t17-/m0/s1. The van der Waals surface area contributed by atoms with E-state index in [2.05, 4.69) is 15.3 Å². The number of rotatable bonds is 2. The molecule has 2 aliphatic rings. The third kappa shape index (κ3) is 2.81. The van der Waals surface area contributed by atoms with E-state index in [4.69, 9.17) is 5.73 Å². The maximum Gasteiger partial charge on any atom is 0.274 e. The molecular formula is C17H16FN5O3S. The number of aliphatic imine (C=N–C) groups is 1. The molecular weight excluding hydrogens is 373 g/mol. The third-order valence-electron chi connectivity index (χ3n) is 4.80. The van der Waals surface area contributed by atoms with Crippen molar-refractivity contribution in [1.82, 2.24) is 9.29 Å². The van der Waals surface area contributed by atoms with Gasteiger partial charge in [0.1, 0.15) is 17.1 Å². The predicted octanol–water partition coefficient (Wildman–Crippen LogP) is 0.814. The molecule has 0 saturated heterocycles. The fourth-order valence-corrected chi connectivity index (χ4v) is 4.79. The van der Waals surface area contributed by atoms with E-state index in [1.54, 1.807) is 12.1 Å². The summed E-state index contributed by atoms with van der Waals surface area (Å²) < 4.78 is 38.6. The van der Waals surface area contributed by atoms with E-state index in [1.165, 1.54) is 13.1 Å². The smallest absolute Gasteiger partial charge is 0.274 e. The van der Waals surface area contributed by atoms with Crippen molar-refractivity contribution in [3.63, 3.8) is 0 Å². The minimum atomic E-state index is -3.56. The molecule has 140 valence electrons. The lowest BCUT2D eigenvalue weighted by atomic mass is 9.72. The Morgan fingerprint density at radius 3 is 2.78 bits per heavy atom. The molecule has 1 spiro atoms. The molecule has 1 amide bonds. The fourth-order valence-electron chi connectivity index (χ4n) is 3.34. The molecule has 0 saturated carbocycles. The number of nitrogens with one attached hydrogen (secondary N) is 1. The highest BCUT2D eigenvalue weighted by molar-refractivity contribution is 7.89. The number of amides is 1. The first-order chi connectivity index (χ1) is 12.7. The molecule has 2 aromatic rings. The van der Waals surface area contributed by atoms with Crippen LogP contribution in [0.5, 0.6) is 0 Å². The van der Waals surface area contributed by atoms with Crippen LogP contribution in [-0.2, 0) is 22.0 Å². The van der Waals surface area contributed by atoms with Gasteiger partial charge < -0.3 is 11.1 Å². The number of halogens is 1. The van der Waals surface area contributed by atoms with Gasteiger partial charge in [-0.2, -0.15) is 0 Å². The van der Waals surface area contributed by atoms with Gasteiger partial charge in [-0.15, -0.1) is 0 Å². The van der Waals surface area contributed by atoms with E-state index in [0.717, 1.165) is 22.1 Å².